The van der Waals surface area contributed by atoms with E-state index in [1.165, 1.54) is 6.08 Å². The first-order valence-corrected chi connectivity index (χ1v) is 9.62. The number of aliphatic hydroxyl groups is 4. The van der Waals surface area contributed by atoms with Gasteiger partial charge in [-0.25, -0.2) is 4.79 Å². The molecule has 11 atom stereocenters. The van der Waals surface area contributed by atoms with Crippen LogP contribution in [-0.2, 0) is 14.3 Å². The van der Waals surface area contributed by atoms with Crippen LogP contribution in [0.4, 0.5) is 0 Å². The minimum Gasteiger partial charge on any atom is -0.460 e. The number of ketones is 1. The van der Waals surface area contributed by atoms with E-state index in [2.05, 4.69) is 0 Å². The van der Waals surface area contributed by atoms with E-state index < -0.39 is 70.9 Å². The third kappa shape index (κ3) is 2.06. The van der Waals surface area contributed by atoms with Gasteiger partial charge in [-0.15, -0.1) is 0 Å². The van der Waals surface area contributed by atoms with Crippen LogP contribution in [0.1, 0.15) is 34.1 Å². The van der Waals surface area contributed by atoms with Gasteiger partial charge in [-0.2, -0.15) is 0 Å². The molecular weight excluding hydrogens is 352 g/mol. The van der Waals surface area contributed by atoms with Crippen molar-refractivity contribution in [1.29, 1.82) is 0 Å². The second kappa shape index (κ2) is 5.63. The molecule has 7 heteroatoms. The smallest absolute Gasteiger partial charge is 0.335 e. The number of allylic oxidation sites excluding steroid dienone is 1. The van der Waals surface area contributed by atoms with E-state index in [1.54, 1.807) is 20.8 Å². The van der Waals surface area contributed by atoms with E-state index >= 15 is 0 Å². The van der Waals surface area contributed by atoms with E-state index in [0.717, 1.165) is 5.57 Å². The number of fused-ring (bicyclic) bond motifs is 2. The van der Waals surface area contributed by atoms with Crippen molar-refractivity contribution in [1.82, 2.24) is 0 Å². The molecule has 2 saturated carbocycles. The molecule has 1 heterocycles. The van der Waals surface area contributed by atoms with Crippen LogP contribution >= 0.6 is 0 Å². The molecule has 1 saturated heterocycles. The van der Waals surface area contributed by atoms with Gasteiger partial charge in [0, 0.05) is 22.7 Å². The molecular formula is C20H28O7. The number of carbonyl (C=O) groups excluding carboxylic acids is 2. The van der Waals surface area contributed by atoms with Gasteiger partial charge in [-0.05, 0) is 31.3 Å². The summed E-state index contributed by atoms with van der Waals surface area (Å²) in [6, 6.07) is 0. The molecule has 3 aliphatic carbocycles. The van der Waals surface area contributed by atoms with Crippen molar-refractivity contribution in [2.24, 2.45) is 34.5 Å². The Morgan fingerprint density at radius 1 is 1.07 bits per heavy atom. The van der Waals surface area contributed by atoms with Gasteiger partial charge in [-0.3, -0.25) is 4.79 Å². The maximum atomic E-state index is 12.5. The van der Waals surface area contributed by atoms with Crippen LogP contribution in [0.15, 0.2) is 11.6 Å². The van der Waals surface area contributed by atoms with Gasteiger partial charge >= 0.3 is 5.97 Å². The summed E-state index contributed by atoms with van der Waals surface area (Å²) in [5.41, 5.74) is -1.15. The van der Waals surface area contributed by atoms with Crippen LogP contribution in [0.2, 0.25) is 0 Å². The highest BCUT2D eigenvalue weighted by Gasteiger charge is 2.74. The van der Waals surface area contributed by atoms with Crippen molar-refractivity contribution in [2.75, 3.05) is 0 Å². The molecule has 4 N–H and O–H groups in total. The number of rotatable bonds is 0. The summed E-state index contributed by atoms with van der Waals surface area (Å²) in [4.78, 5) is 24.8. The number of ether oxygens (including phenoxy) is 1. The fourth-order valence-electron chi connectivity index (χ4n) is 7.16. The summed E-state index contributed by atoms with van der Waals surface area (Å²) >= 11 is 0. The summed E-state index contributed by atoms with van der Waals surface area (Å²) in [6.45, 7) is 7.14. The lowest BCUT2D eigenvalue weighted by Crippen LogP contribution is -2.76. The SMILES string of the molecule is CC1=CC(=O)[C@@H](O)[C@]2(C)[C@H]3[C@@H](O)[C@H](O)[C@H](C)[C@@H]4[C@@H](O)C(=O)O[C@H](C[C@H]12)[C@@]43C. The lowest BCUT2D eigenvalue weighted by molar-refractivity contribution is -0.303. The molecule has 3 fully saturated rings. The third-order valence-electron chi connectivity index (χ3n) is 8.37. The molecule has 0 aromatic heterocycles. The second-order valence-electron chi connectivity index (χ2n) is 9.43. The molecule has 0 unspecified atom stereocenters. The Kier molecular flexibility index (Phi) is 3.97. The molecule has 0 radical (unpaired) electrons. The zero-order valence-corrected chi connectivity index (χ0v) is 16.0. The Labute approximate surface area is 158 Å². The molecule has 27 heavy (non-hydrogen) atoms. The van der Waals surface area contributed by atoms with Gasteiger partial charge in [0.15, 0.2) is 11.9 Å². The van der Waals surface area contributed by atoms with Crippen molar-refractivity contribution in [2.45, 2.75) is 64.6 Å². The van der Waals surface area contributed by atoms with Gasteiger partial charge in [-0.1, -0.05) is 26.3 Å². The Hall–Kier alpha value is -1.28. The van der Waals surface area contributed by atoms with Gasteiger partial charge in [0.1, 0.15) is 12.2 Å². The number of hydrogen-bond acceptors (Lipinski definition) is 7. The summed E-state index contributed by atoms with van der Waals surface area (Å²) in [5.74, 6) is -3.33. The summed E-state index contributed by atoms with van der Waals surface area (Å²) in [6.07, 6.45) is -3.90. The van der Waals surface area contributed by atoms with Crippen LogP contribution in [0.3, 0.4) is 0 Å². The number of hydrogen-bond donors (Lipinski definition) is 4. The minimum atomic E-state index is -1.42. The van der Waals surface area contributed by atoms with Gasteiger partial charge < -0.3 is 25.2 Å². The van der Waals surface area contributed by atoms with Crippen LogP contribution < -0.4 is 0 Å². The van der Waals surface area contributed by atoms with Crippen molar-refractivity contribution < 1.29 is 34.8 Å². The molecule has 0 spiro atoms. The maximum absolute atomic E-state index is 12.5. The van der Waals surface area contributed by atoms with Crippen LogP contribution in [-0.4, -0.2) is 62.7 Å². The van der Waals surface area contributed by atoms with Crippen molar-refractivity contribution >= 4 is 11.8 Å². The van der Waals surface area contributed by atoms with Gasteiger partial charge in [0.2, 0.25) is 0 Å². The normalized spacial score (nSPS) is 57.3. The summed E-state index contributed by atoms with van der Waals surface area (Å²) in [7, 11) is 0. The summed E-state index contributed by atoms with van der Waals surface area (Å²) < 4.78 is 5.60. The number of esters is 1. The monoisotopic (exact) mass is 380 g/mol. The van der Waals surface area contributed by atoms with Crippen LogP contribution in [0.25, 0.3) is 0 Å². The second-order valence-corrected chi connectivity index (χ2v) is 9.43. The average Bonchev–Trinajstić information content (AvgIpc) is 2.59. The van der Waals surface area contributed by atoms with Crippen LogP contribution in [0.5, 0.6) is 0 Å². The minimum absolute atomic E-state index is 0.285. The average molecular weight is 380 g/mol. The standard InChI is InChI=1S/C20H28O7/c1-7-5-10(21)17(25)19(3)9(7)6-11-20(4)12(14(23)18(26)27-11)8(2)13(22)15(24)16(19)20/h5,8-9,11-17,22-25H,6H2,1-4H3/t8-,9-,11-,12-,13-,14-,15+,16-,17-,19+,20+/m1/s1. The third-order valence-corrected chi connectivity index (χ3v) is 8.37. The van der Waals surface area contributed by atoms with E-state index in [-0.39, 0.29) is 5.92 Å². The van der Waals surface area contributed by atoms with E-state index in [0.29, 0.717) is 6.42 Å². The molecule has 0 aromatic carbocycles. The fraction of sp³-hybridized carbons (Fsp3) is 0.800. The maximum Gasteiger partial charge on any atom is 0.335 e. The topological polar surface area (TPSA) is 124 Å². The Bertz CT molecular complexity index is 732. The molecule has 7 nitrogen and oxygen atoms in total. The highest BCUT2D eigenvalue weighted by molar-refractivity contribution is 5.96. The Morgan fingerprint density at radius 2 is 1.70 bits per heavy atom. The zero-order valence-electron chi connectivity index (χ0n) is 16.0. The molecule has 150 valence electrons. The lowest BCUT2D eigenvalue weighted by Gasteiger charge is -2.69. The highest BCUT2D eigenvalue weighted by Crippen LogP contribution is 2.68. The predicted octanol–water partition coefficient (Wildman–Crippen LogP) is -0.201. The molecule has 0 aromatic rings. The van der Waals surface area contributed by atoms with Crippen molar-refractivity contribution in [3.63, 3.8) is 0 Å². The van der Waals surface area contributed by atoms with Crippen LogP contribution in [0, 0.1) is 34.5 Å². The molecule has 0 bridgehead atoms. The van der Waals surface area contributed by atoms with Crippen molar-refractivity contribution in [3.8, 4) is 0 Å². The predicted molar refractivity (Wildman–Crippen MR) is 93.1 cm³/mol. The first kappa shape index (κ1) is 19.1. The van der Waals surface area contributed by atoms with E-state index in [9.17, 15) is 30.0 Å². The van der Waals surface area contributed by atoms with E-state index in [4.69, 9.17) is 4.74 Å². The first-order valence-electron chi connectivity index (χ1n) is 9.62. The number of carbonyl (C=O) groups is 2. The molecule has 4 aliphatic rings. The zero-order chi connectivity index (χ0) is 20.0. The Balaban J connectivity index is 1.96. The van der Waals surface area contributed by atoms with Gasteiger partial charge in [0.05, 0.1) is 12.2 Å². The van der Waals surface area contributed by atoms with Gasteiger partial charge in [0.25, 0.3) is 0 Å². The highest BCUT2D eigenvalue weighted by atomic mass is 16.6. The quantitative estimate of drug-likeness (QED) is 0.429. The van der Waals surface area contributed by atoms with E-state index in [1.807, 2.05) is 6.92 Å². The fourth-order valence-corrected chi connectivity index (χ4v) is 7.16. The van der Waals surface area contributed by atoms with Crippen molar-refractivity contribution in [3.05, 3.63) is 11.6 Å². The molecule has 4 rings (SSSR count). The summed E-state index contributed by atoms with van der Waals surface area (Å²) in [5, 5.41) is 43.3. The molecule has 0 amide bonds. The molecule has 1 aliphatic heterocycles. The number of aliphatic hydroxyl groups excluding tert-OH is 4. The Morgan fingerprint density at radius 3 is 2.33 bits per heavy atom. The largest absolute Gasteiger partial charge is 0.460 e. The lowest BCUT2D eigenvalue weighted by atomic mass is 9.38. The first-order chi connectivity index (χ1) is 12.5.